The van der Waals surface area contributed by atoms with Crippen LogP contribution in [0.2, 0.25) is 0 Å². The Morgan fingerprint density at radius 1 is 1.53 bits per heavy atom. The SMILES string of the molecule is Cc1nsnc1C(=O)N1CCO[C@H]2C[C@H](CO)C[C@@H]21. The number of hydrogen-bond donors (Lipinski definition) is 1. The average Bonchev–Trinajstić information content (AvgIpc) is 3.02. The lowest BCUT2D eigenvalue weighted by Crippen LogP contribution is -2.51. The fourth-order valence-electron chi connectivity index (χ4n) is 3.01. The minimum absolute atomic E-state index is 0.0526. The average molecular weight is 283 g/mol. The predicted octanol–water partition coefficient (Wildman–Crippen LogP) is 0.458. The number of aryl methyl sites for hydroxylation is 1. The summed E-state index contributed by atoms with van der Waals surface area (Å²) in [6.45, 7) is 3.12. The maximum Gasteiger partial charge on any atom is 0.275 e. The third-order valence-corrected chi connectivity index (χ3v) is 4.63. The summed E-state index contributed by atoms with van der Waals surface area (Å²) < 4.78 is 13.9. The fourth-order valence-corrected chi connectivity index (χ4v) is 3.55. The maximum absolute atomic E-state index is 12.5. The molecule has 1 saturated carbocycles. The Hall–Kier alpha value is -1.05. The van der Waals surface area contributed by atoms with Crippen LogP contribution in [0.4, 0.5) is 0 Å². The van der Waals surface area contributed by atoms with Gasteiger partial charge in [-0.25, -0.2) is 0 Å². The van der Waals surface area contributed by atoms with Gasteiger partial charge >= 0.3 is 0 Å². The lowest BCUT2D eigenvalue weighted by Gasteiger charge is -2.37. The molecule has 3 atom stereocenters. The van der Waals surface area contributed by atoms with E-state index < -0.39 is 0 Å². The third-order valence-electron chi connectivity index (χ3n) is 4.01. The number of aliphatic hydroxyl groups is 1. The highest BCUT2D eigenvalue weighted by Crippen LogP contribution is 2.34. The number of amides is 1. The van der Waals surface area contributed by atoms with Crippen molar-refractivity contribution in [3.63, 3.8) is 0 Å². The molecule has 1 aromatic heterocycles. The minimum Gasteiger partial charge on any atom is -0.396 e. The summed E-state index contributed by atoms with van der Waals surface area (Å²) in [5, 5.41) is 9.29. The van der Waals surface area contributed by atoms with Crippen molar-refractivity contribution in [2.24, 2.45) is 5.92 Å². The summed E-state index contributed by atoms with van der Waals surface area (Å²) in [6.07, 6.45) is 1.70. The van der Waals surface area contributed by atoms with Crippen molar-refractivity contribution in [2.75, 3.05) is 19.8 Å². The van der Waals surface area contributed by atoms with Crippen LogP contribution in [0.3, 0.4) is 0 Å². The molecule has 2 aliphatic rings. The van der Waals surface area contributed by atoms with Crippen molar-refractivity contribution < 1.29 is 14.6 Å². The van der Waals surface area contributed by atoms with E-state index in [1.807, 2.05) is 4.90 Å². The smallest absolute Gasteiger partial charge is 0.275 e. The fraction of sp³-hybridized carbons (Fsp3) is 0.750. The number of aliphatic hydroxyl groups excluding tert-OH is 1. The first kappa shape index (κ1) is 13.0. The summed E-state index contributed by atoms with van der Waals surface area (Å²) in [6, 6.07) is 0.0690. The number of hydrogen-bond acceptors (Lipinski definition) is 6. The molecule has 0 radical (unpaired) electrons. The van der Waals surface area contributed by atoms with Crippen molar-refractivity contribution in [1.29, 1.82) is 0 Å². The number of fused-ring (bicyclic) bond motifs is 1. The first-order valence-corrected chi connectivity index (χ1v) is 7.26. The van der Waals surface area contributed by atoms with Crippen molar-refractivity contribution in [1.82, 2.24) is 13.6 Å². The van der Waals surface area contributed by atoms with E-state index in [1.54, 1.807) is 6.92 Å². The van der Waals surface area contributed by atoms with Crippen LogP contribution in [-0.4, -0.2) is 56.6 Å². The van der Waals surface area contributed by atoms with Gasteiger partial charge in [0.1, 0.15) is 0 Å². The van der Waals surface area contributed by atoms with Crippen LogP contribution in [0.1, 0.15) is 29.0 Å². The number of carbonyl (C=O) groups is 1. The van der Waals surface area contributed by atoms with E-state index >= 15 is 0 Å². The molecule has 0 bridgehead atoms. The second kappa shape index (κ2) is 5.15. The van der Waals surface area contributed by atoms with Gasteiger partial charge in [0, 0.05) is 13.2 Å². The summed E-state index contributed by atoms with van der Waals surface area (Å²) in [5.41, 5.74) is 1.15. The van der Waals surface area contributed by atoms with Gasteiger partial charge in [-0.2, -0.15) is 8.75 Å². The molecule has 0 spiro atoms. The van der Waals surface area contributed by atoms with Crippen molar-refractivity contribution in [3.05, 3.63) is 11.4 Å². The summed E-state index contributed by atoms with van der Waals surface area (Å²) in [5.74, 6) is 0.182. The topological polar surface area (TPSA) is 75.6 Å². The molecule has 0 unspecified atom stereocenters. The van der Waals surface area contributed by atoms with Gasteiger partial charge in [-0.15, -0.1) is 0 Å². The van der Waals surface area contributed by atoms with Crippen LogP contribution in [-0.2, 0) is 4.74 Å². The standard InChI is InChI=1S/C12H17N3O3S/c1-7-11(14-19-13-7)12(17)15-2-3-18-10-5-8(6-16)4-9(10)15/h8-10,16H,2-6H2,1H3/t8-,9+,10+/m1/s1. The van der Waals surface area contributed by atoms with E-state index in [4.69, 9.17) is 4.74 Å². The molecule has 0 aromatic carbocycles. The lowest BCUT2D eigenvalue weighted by atomic mass is 10.1. The van der Waals surface area contributed by atoms with Crippen molar-refractivity contribution >= 4 is 17.6 Å². The van der Waals surface area contributed by atoms with Gasteiger partial charge in [-0.05, 0) is 25.7 Å². The Morgan fingerprint density at radius 2 is 2.37 bits per heavy atom. The number of carbonyl (C=O) groups excluding carboxylic acids is 1. The molecule has 1 amide bonds. The van der Waals surface area contributed by atoms with Gasteiger partial charge in [-0.3, -0.25) is 4.79 Å². The molecule has 104 valence electrons. The minimum atomic E-state index is -0.0526. The molecule has 1 N–H and O–H groups in total. The van der Waals surface area contributed by atoms with Crippen LogP contribution in [0.5, 0.6) is 0 Å². The van der Waals surface area contributed by atoms with E-state index in [1.165, 1.54) is 0 Å². The van der Waals surface area contributed by atoms with Crippen LogP contribution in [0, 0.1) is 12.8 Å². The molecular formula is C12H17N3O3S. The number of rotatable bonds is 2. The number of ether oxygens (including phenoxy) is 1. The van der Waals surface area contributed by atoms with Gasteiger partial charge in [-0.1, -0.05) is 0 Å². The highest BCUT2D eigenvalue weighted by Gasteiger charge is 2.43. The van der Waals surface area contributed by atoms with Gasteiger partial charge < -0.3 is 14.7 Å². The quantitative estimate of drug-likeness (QED) is 0.853. The summed E-state index contributed by atoms with van der Waals surface area (Å²) >= 11 is 1.07. The Bertz CT molecular complexity index is 479. The zero-order valence-electron chi connectivity index (χ0n) is 10.8. The second-order valence-electron chi connectivity index (χ2n) is 5.19. The van der Waals surface area contributed by atoms with Gasteiger partial charge in [0.2, 0.25) is 0 Å². The highest BCUT2D eigenvalue weighted by molar-refractivity contribution is 6.99. The molecular weight excluding hydrogens is 266 g/mol. The lowest BCUT2D eigenvalue weighted by molar-refractivity contribution is -0.0450. The number of nitrogens with zero attached hydrogens (tertiary/aromatic N) is 3. The third kappa shape index (κ3) is 2.26. The molecule has 6 nitrogen and oxygen atoms in total. The Balaban J connectivity index is 1.80. The molecule has 2 heterocycles. The Labute approximate surface area is 115 Å². The Morgan fingerprint density at radius 3 is 3.05 bits per heavy atom. The largest absolute Gasteiger partial charge is 0.396 e. The molecule has 3 rings (SSSR count). The van der Waals surface area contributed by atoms with E-state index in [9.17, 15) is 9.90 Å². The molecule has 1 aromatic rings. The second-order valence-corrected chi connectivity index (χ2v) is 5.72. The zero-order valence-corrected chi connectivity index (χ0v) is 11.6. The van der Waals surface area contributed by atoms with Crippen LogP contribution in [0.15, 0.2) is 0 Å². The maximum atomic E-state index is 12.5. The van der Waals surface area contributed by atoms with Crippen LogP contribution < -0.4 is 0 Å². The molecule has 1 aliphatic carbocycles. The van der Waals surface area contributed by atoms with Gasteiger partial charge in [0.25, 0.3) is 5.91 Å². The molecule has 2 fully saturated rings. The van der Waals surface area contributed by atoms with Crippen molar-refractivity contribution in [3.8, 4) is 0 Å². The molecule has 7 heteroatoms. The first-order valence-electron chi connectivity index (χ1n) is 6.53. The van der Waals surface area contributed by atoms with Crippen LogP contribution in [0.25, 0.3) is 0 Å². The van der Waals surface area contributed by atoms with Gasteiger partial charge in [0.15, 0.2) is 5.69 Å². The highest BCUT2D eigenvalue weighted by atomic mass is 32.1. The Kier molecular flexibility index (Phi) is 3.51. The normalized spacial score (nSPS) is 30.4. The van der Waals surface area contributed by atoms with Crippen molar-refractivity contribution in [2.45, 2.75) is 31.9 Å². The van der Waals surface area contributed by atoms with E-state index in [0.29, 0.717) is 24.5 Å². The van der Waals surface area contributed by atoms with E-state index in [-0.39, 0.29) is 30.6 Å². The van der Waals surface area contributed by atoms with Gasteiger partial charge in [0.05, 0.1) is 36.2 Å². The van der Waals surface area contributed by atoms with Crippen LogP contribution >= 0.6 is 11.7 Å². The predicted molar refractivity (Wildman–Crippen MR) is 69.0 cm³/mol. The molecule has 1 aliphatic heterocycles. The van der Waals surface area contributed by atoms with E-state index in [2.05, 4.69) is 8.75 Å². The zero-order chi connectivity index (χ0) is 13.4. The summed E-state index contributed by atoms with van der Waals surface area (Å²) in [7, 11) is 0. The summed E-state index contributed by atoms with van der Waals surface area (Å²) in [4.78, 5) is 14.4. The molecule has 19 heavy (non-hydrogen) atoms. The number of morpholine rings is 1. The first-order chi connectivity index (χ1) is 9.20. The van der Waals surface area contributed by atoms with E-state index in [0.717, 1.165) is 24.6 Å². The molecule has 1 saturated heterocycles. The monoisotopic (exact) mass is 283 g/mol. The number of aromatic nitrogens is 2.